The zero-order valence-electron chi connectivity index (χ0n) is 12.4. The molecular formula is C17H22FNS. The number of nitrogens with one attached hydrogen (secondary N) is 1. The molecule has 108 valence electrons. The maximum atomic E-state index is 13.7. The van der Waals surface area contributed by atoms with E-state index in [0.717, 1.165) is 29.8 Å². The summed E-state index contributed by atoms with van der Waals surface area (Å²) in [7, 11) is 0. The quantitative estimate of drug-likeness (QED) is 0.760. The van der Waals surface area contributed by atoms with Crippen LogP contribution in [0, 0.1) is 12.7 Å². The number of halogens is 1. The summed E-state index contributed by atoms with van der Waals surface area (Å²) in [5.41, 5.74) is 1.66. The molecule has 0 amide bonds. The molecule has 1 nitrogen and oxygen atoms in total. The topological polar surface area (TPSA) is 12.0 Å². The van der Waals surface area contributed by atoms with E-state index < -0.39 is 0 Å². The van der Waals surface area contributed by atoms with Crippen LogP contribution in [-0.2, 0) is 0 Å². The van der Waals surface area contributed by atoms with E-state index in [1.807, 2.05) is 12.1 Å². The van der Waals surface area contributed by atoms with Crippen LogP contribution in [0.4, 0.5) is 4.39 Å². The summed E-state index contributed by atoms with van der Waals surface area (Å²) in [4.78, 5) is 2.47. The molecule has 20 heavy (non-hydrogen) atoms. The Hall–Kier alpha value is -1.19. The van der Waals surface area contributed by atoms with Crippen molar-refractivity contribution >= 4 is 11.3 Å². The predicted molar refractivity (Wildman–Crippen MR) is 85.8 cm³/mol. The highest BCUT2D eigenvalue weighted by Crippen LogP contribution is 2.33. The lowest BCUT2D eigenvalue weighted by Crippen LogP contribution is -2.19. The van der Waals surface area contributed by atoms with Gasteiger partial charge in [-0.25, -0.2) is 4.39 Å². The Morgan fingerprint density at radius 1 is 1.20 bits per heavy atom. The molecule has 2 rings (SSSR count). The molecule has 0 spiro atoms. The van der Waals surface area contributed by atoms with E-state index in [1.165, 1.54) is 4.88 Å². The van der Waals surface area contributed by atoms with Crippen LogP contribution in [0.1, 0.15) is 43.2 Å². The van der Waals surface area contributed by atoms with Gasteiger partial charge in [0, 0.05) is 15.8 Å². The molecule has 0 aliphatic rings. The van der Waals surface area contributed by atoms with Crippen molar-refractivity contribution in [3.8, 4) is 10.4 Å². The van der Waals surface area contributed by atoms with Gasteiger partial charge >= 0.3 is 0 Å². The van der Waals surface area contributed by atoms with Crippen LogP contribution in [-0.4, -0.2) is 6.54 Å². The first-order valence-electron chi connectivity index (χ1n) is 7.25. The van der Waals surface area contributed by atoms with Crippen LogP contribution >= 0.6 is 11.3 Å². The molecular weight excluding hydrogens is 269 g/mol. The van der Waals surface area contributed by atoms with E-state index in [9.17, 15) is 4.39 Å². The minimum Gasteiger partial charge on any atom is -0.310 e. The van der Waals surface area contributed by atoms with Crippen LogP contribution in [0.2, 0.25) is 0 Å². The van der Waals surface area contributed by atoms with Gasteiger partial charge in [0.25, 0.3) is 0 Å². The maximum absolute atomic E-state index is 13.7. The molecule has 2 aromatic rings. The lowest BCUT2D eigenvalue weighted by atomic mass is 10.1. The highest BCUT2D eigenvalue weighted by Gasteiger charge is 2.13. The third-order valence-corrected chi connectivity index (χ3v) is 4.70. The van der Waals surface area contributed by atoms with E-state index in [-0.39, 0.29) is 5.82 Å². The third-order valence-electron chi connectivity index (χ3n) is 3.45. The predicted octanol–water partition coefficient (Wildman–Crippen LogP) is 5.31. The smallest absolute Gasteiger partial charge is 0.126 e. The van der Waals surface area contributed by atoms with Crippen molar-refractivity contribution in [1.29, 1.82) is 0 Å². The third kappa shape index (κ3) is 3.47. The van der Waals surface area contributed by atoms with Gasteiger partial charge in [0.2, 0.25) is 0 Å². The fraction of sp³-hybridized carbons (Fsp3) is 0.412. The highest BCUT2D eigenvalue weighted by molar-refractivity contribution is 7.15. The van der Waals surface area contributed by atoms with E-state index in [1.54, 1.807) is 24.3 Å². The molecule has 1 unspecified atom stereocenters. The van der Waals surface area contributed by atoms with Gasteiger partial charge in [0.1, 0.15) is 5.82 Å². The Bertz CT molecular complexity index is 556. The average Bonchev–Trinajstić information content (AvgIpc) is 2.91. The van der Waals surface area contributed by atoms with Crippen molar-refractivity contribution < 1.29 is 4.39 Å². The zero-order valence-corrected chi connectivity index (χ0v) is 13.2. The first kappa shape index (κ1) is 15.2. The summed E-state index contributed by atoms with van der Waals surface area (Å²) in [6, 6.07) is 10.2. The van der Waals surface area contributed by atoms with Crippen molar-refractivity contribution in [2.75, 3.05) is 6.54 Å². The Labute approximate surface area is 124 Å². The van der Waals surface area contributed by atoms with Gasteiger partial charge in [-0.2, -0.15) is 0 Å². The summed E-state index contributed by atoms with van der Waals surface area (Å²) >= 11 is 1.76. The van der Waals surface area contributed by atoms with Crippen LogP contribution in [0.5, 0.6) is 0 Å². The van der Waals surface area contributed by atoms with E-state index in [2.05, 4.69) is 31.3 Å². The first-order valence-corrected chi connectivity index (χ1v) is 8.07. The number of thiophene rings is 1. The molecule has 1 aromatic carbocycles. The molecule has 0 saturated heterocycles. The summed E-state index contributed by atoms with van der Waals surface area (Å²) < 4.78 is 13.7. The summed E-state index contributed by atoms with van der Waals surface area (Å²) in [5.74, 6) is -0.130. The molecule has 1 atom stereocenters. The van der Waals surface area contributed by atoms with E-state index >= 15 is 0 Å². The number of hydrogen-bond donors (Lipinski definition) is 1. The van der Waals surface area contributed by atoms with Gasteiger partial charge in [-0.05, 0) is 49.2 Å². The van der Waals surface area contributed by atoms with Gasteiger partial charge < -0.3 is 5.32 Å². The minimum absolute atomic E-state index is 0.130. The number of benzene rings is 1. The average molecular weight is 291 g/mol. The highest BCUT2D eigenvalue weighted by atomic mass is 32.1. The zero-order chi connectivity index (χ0) is 14.5. The molecule has 0 aliphatic carbocycles. The van der Waals surface area contributed by atoms with Crippen molar-refractivity contribution in [1.82, 2.24) is 5.32 Å². The number of aryl methyl sites for hydroxylation is 1. The Morgan fingerprint density at radius 3 is 2.65 bits per heavy atom. The second kappa shape index (κ2) is 7.00. The Kier molecular flexibility index (Phi) is 5.32. The molecule has 0 saturated carbocycles. The molecule has 0 bridgehead atoms. The van der Waals surface area contributed by atoms with Crippen molar-refractivity contribution in [2.24, 2.45) is 0 Å². The van der Waals surface area contributed by atoms with Gasteiger partial charge in [0.15, 0.2) is 0 Å². The molecule has 0 fully saturated rings. The van der Waals surface area contributed by atoms with Crippen LogP contribution in [0.25, 0.3) is 10.4 Å². The summed E-state index contributed by atoms with van der Waals surface area (Å²) in [6.07, 6.45) is 2.29. The van der Waals surface area contributed by atoms with Crippen molar-refractivity contribution in [2.45, 2.75) is 39.7 Å². The SMILES string of the molecule is CCCC(NCC)c1ccc(-c2ccc(C)c(F)c2)s1. The minimum atomic E-state index is -0.130. The van der Waals surface area contributed by atoms with Gasteiger partial charge in [-0.3, -0.25) is 0 Å². The van der Waals surface area contributed by atoms with Crippen molar-refractivity contribution in [3.63, 3.8) is 0 Å². The first-order chi connectivity index (χ1) is 9.65. The molecule has 1 aromatic heterocycles. The molecule has 0 aliphatic heterocycles. The van der Waals surface area contributed by atoms with E-state index in [4.69, 9.17) is 0 Å². The summed E-state index contributed by atoms with van der Waals surface area (Å²) in [6.45, 7) is 7.10. The van der Waals surface area contributed by atoms with Gasteiger partial charge in [-0.15, -0.1) is 11.3 Å². The van der Waals surface area contributed by atoms with E-state index in [0.29, 0.717) is 11.6 Å². The molecule has 3 heteroatoms. The maximum Gasteiger partial charge on any atom is 0.126 e. The van der Waals surface area contributed by atoms with Crippen LogP contribution < -0.4 is 5.32 Å². The summed E-state index contributed by atoms with van der Waals surface area (Å²) in [5, 5.41) is 3.52. The largest absolute Gasteiger partial charge is 0.310 e. The van der Waals surface area contributed by atoms with Gasteiger partial charge in [0.05, 0.1) is 0 Å². The lowest BCUT2D eigenvalue weighted by molar-refractivity contribution is 0.516. The fourth-order valence-corrected chi connectivity index (χ4v) is 3.44. The van der Waals surface area contributed by atoms with Crippen molar-refractivity contribution in [3.05, 3.63) is 46.6 Å². The lowest BCUT2D eigenvalue weighted by Gasteiger charge is -2.15. The monoisotopic (exact) mass is 291 g/mol. The second-order valence-electron chi connectivity index (χ2n) is 5.06. The number of rotatable bonds is 6. The fourth-order valence-electron chi connectivity index (χ4n) is 2.32. The standard InChI is InChI=1S/C17H22FNS/c1-4-6-15(19-5-2)17-10-9-16(20-17)13-8-7-12(3)14(18)11-13/h7-11,15,19H,4-6H2,1-3H3. The van der Waals surface area contributed by atoms with Crippen LogP contribution in [0.15, 0.2) is 30.3 Å². The molecule has 0 radical (unpaired) electrons. The number of hydrogen-bond acceptors (Lipinski definition) is 2. The molecule has 1 N–H and O–H groups in total. The second-order valence-corrected chi connectivity index (χ2v) is 6.18. The molecule has 1 heterocycles. The normalized spacial score (nSPS) is 12.6. The van der Waals surface area contributed by atoms with Crippen LogP contribution in [0.3, 0.4) is 0 Å². The van der Waals surface area contributed by atoms with Gasteiger partial charge in [-0.1, -0.05) is 32.4 Å². The Balaban J connectivity index is 2.24. The Morgan fingerprint density at radius 2 is 2.00 bits per heavy atom.